The Morgan fingerprint density at radius 1 is 1.03 bits per heavy atom. The molecule has 1 aliphatic rings. The van der Waals surface area contributed by atoms with Crippen LogP contribution in [0.5, 0.6) is 0 Å². The number of aromatic nitrogens is 2. The molecular weight excluding hydrogens is 527 g/mol. The molecule has 2 aromatic carbocycles. The Morgan fingerprint density at radius 3 is 2.35 bits per heavy atom. The van der Waals surface area contributed by atoms with Gasteiger partial charge in [0, 0.05) is 11.6 Å². The highest BCUT2D eigenvalue weighted by Gasteiger charge is 2.36. The first-order chi connectivity index (χ1) is 17.5. The van der Waals surface area contributed by atoms with Gasteiger partial charge in [-0.05, 0) is 73.3 Å². The van der Waals surface area contributed by atoms with Gasteiger partial charge in [-0.1, -0.05) is 31.9 Å². The number of nitrogens with zero attached hydrogens (tertiary/aromatic N) is 3. The van der Waals surface area contributed by atoms with Crippen LogP contribution >= 0.6 is 11.6 Å². The molecule has 0 saturated carbocycles. The number of hydrogen-bond acceptors (Lipinski definition) is 5. The lowest BCUT2D eigenvalue weighted by Crippen LogP contribution is -2.31. The summed E-state index contributed by atoms with van der Waals surface area (Å²) in [7, 11) is -3.63. The molecule has 4 rings (SSSR count). The lowest BCUT2D eigenvalue weighted by Gasteiger charge is -2.29. The van der Waals surface area contributed by atoms with Gasteiger partial charge in [0.1, 0.15) is 0 Å². The number of halogens is 4. The standard InChI is InChI=1S/C26H29ClF3N3O3S/c1-3-19-21(15-32-10-6-5-7-11-32)22(26(28,29)30)13-20-24(19)31-16-33(25(20)34)14-17-12-18(27)8-9-23(17)37(35,36)4-2/h8-9,12-13,16H,3-7,10-11,14-15H2,1-2H3. The number of piperidine rings is 1. The van der Waals surface area contributed by atoms with E-state index in [0.29, 0.717) is 5.56 Å². The molecule has 0 aliphatic carbocycles. The number of benzene rings is 2. The summed E-state index contributed by atoms with van der Waals surface area (Å²) in [6, 6.07) is 5.17. The van der Waals surface area contributed by atoms with Crippen molar-refractivity contribution in [3.05, 3.63) is 68.2 Å². The highest BCUT2D eigenvalue weighted by atomic mass is 35.5. The molecule has 0 spiro atoms. The van der Waals surface area contributed by atoms with Gasteiger partial charge in [-0.25, -0.2) is 13.4 Å². The van der Waals surface area contributed by atoms with Crippen molar-refractivity contribution in [2.24, 2.45) is 0 Å². The average molecular weight is 556 g/mol. The van der Waals surface area contributed by atoms with Crippen molar-refractivity contribution < 1.29 is 21.6 Å². The van der Waals surface area contributed by atoms with Gasteiger partial charge < -0.3 is 0 Å². The third-order valence-corrected chi connectivity index (χ3v) is 8.97. The predicted octanol–water partition coefficient (Wildman–Crippen LogP) is 5.46. The third-order valence-electron chi connectivity index (χ3n) is 6.90. The van der Waals surface area contributed by atoms with Crippen LogP contribution in [-0.4, -0.2) is 41.7 Å². The number of aryl methyl sites for hydroxylation is 1. The number of rotatable bonds is 7. The number of alkyl halides is 3. The average Bonchev–Trinajstić information content (AvgIpc) is 2.85. The highest BCUT2D eigenvalue weighted by molar-refractivity contribution is 7.91. The van der Waals surface area contributed by atoms with E-state index in [1.807, 2.05) is 4.90 Å². The molecule has 1 aromatic heterocycles. The van der Waals surface area contributed by atoms with E-state index in [0.717, 1.165) is 43.0 Å². The summed E-state index contributed by atoms with van der Waals surface area (Å²) in [5.41, 5.74) is -0.398. The molecule has 1 fully saturated rings. The topological polar surface area (TPSA) is 72.3 Å². The van der Waals surface area contributed by atoms with Crippen molar-refractivity contribution >= 4 is 32.3 Å². The summed E-state index contributed by atoms with van der Waals surface area (Å²) < 4.78 is 69.1. The maximum atomic E-state index is 14.3. The number of sulfone groups is 1. The number of hydrogen-bond donors (Lipinski definition) is 0. The van der Waals surface area contributed by atoms with Crippen molar-refractivity contribution in [2.45, 2.75) is 63.7 Å². The van der Waals surface area contributed by atoms with E-state index in [1.54, 1.807) is 6.92 Å². The van der Waals surface area contributed by atoms with E-state index in [-0.39, 0.29) is 57.2 Å². The fourth-order valence-corrected chi connectivity index (χ4v) is 6.30. The molecule has 0 bridgehead atoms. The van der Waals surface area contributed by atoms with Gasteiger partial charge in [0.2, 0.25) is 0 Å². The summed E-state index contributed by atoms with van der Waals surface area (Å²) in [6.45, 7) is 4.68. The van der Waals surface area contributed by atoms with Gasteiger partial charge in [0.15, 0.2) is 9.84 Å². The third kappa shape index (κ3) is 5.71. The molecule has 2 heterocycles. The Labute approximate surface area is 219 Å². The molecule has 1 aliphatic heterocycles. The summed E-state index contributed by atoms with van der Waals surface area (Å²) in [5.74, 6) is -0.152. The minimum Gasteiger partial charge on any atom is -0.299 e. The second kappa shape index (κ2) is 10.7. The summed E-state index contributed by atoms with van der Waals surface area (Å²) in [5, 5.41) is 0.137. The Balaban J connectivity index is 1.88. The molecule has 1 saturated heterocycles. The second-order valence-corrected chi connectivity index (χ2v) is 12.0. The predicted molar refractivity (Wildman–Crippen MR) is 138 cm³/mol. The van der Waals surface area contributed by atoms with E-state index in [4.69, 9.17) is 11.6 Å². The lowest BCUT2D eigenvalue weighted by molar-refractivity contribution is -0.138. The summed E-state index contributed by atoms with van der Waals surface area (Å²) >= 11 is 6.09. The van der Waals surface area contributed by atoms with Gasteiger partial charge in [0.25, 0.3) is 5.56 Å². The Hall–Kier alpha value is -2.43. The zero-order valence-corrected chi connectivity index (χ0v) is 22.3. The van der Waals surface area contributed by atoms with Crippen LogP contribution in [0.2, 0.25) is 5.02 Å². The quantitative estimate of drug-likeness (QED) is 0.387. The summed E-state index contributed by atoms with van der Waals surface area (Å²) in [4.78, 5) is 19.9. The zero-order valence-electron chi connectivity index (χ0n) is 20.7. The number of likely N-dealkylation sites (tertiary alicyclic amines) is 1. The molecule has 37 heavy (non-hydrogen) atoms. The largest absolute Gasteiger partial charge is 0.416 e. The molecule has 0 N–H and O–H groups in total. The first-order valence-corrected chi connectivity index (χ1v) is 14.3. The molecule has 200 valence electrons. The Bertz CT molecular complexity index is 1480. The van der Waals surface area contributed by atoms with Crippen molar-refractivity contribution in [3.63, 3.8) is 0 Å². The second-order valence-electron chi connectivity index (χ2n) is 9.30. The van der Waals surface area contributed by atoms with Gasteiger partial charge in [-0.2, -0.15) is 13.2 Å². The van der Waals surface area contributed by atoms with E-state index in [1.165, 1.54) is 31.5 Å². The van der Waals surface area contributed by atoms with E-state index >= 15 is 0 Å². The van der Waals surface area contributed by atoms with Gasteiger partial charge in [-0.3, -0.25) is 14.3 Å². The van der Waals surface area contributed by atoms with Crippen LogP contribution in [0.4, 0.5) is 13.2 Å². The van der Waals surface area contributed by atoms with Crippen LogP contribution in [0.25, 0.3) is 10.9 Å². The molecular formula is C26H29ClF3N3O3S. The van der Waals surface area contributed by atoms with Crippen LogP contribution < -0.4 is 5.56 Å². The first-order valence-electron chi connectivity index (χ1n) is 12.3. The fourth-order valence-electron chi connectivity index (χ4n) is 5.00. The Morgan fingerprint density at radius 2 is 1.73 bits per heavy atom. The first kappa shape index (κ1) is 27.6. The van der Waals surface area contributed by atoms with Gasteiger partial charge in [0.05, 0.1) is 40.0 Å². The lowest BCUT2D eigenvalue weighted by atomic mass is 9.94. The molecule has 0 amide bonds. The van der Waals surface area contributed by atoms with Crippen LogP contribution in [0.1, 0.15) is 55.4 Å². The normalized spacial score (nSPS) is 15.4. The van der Waals surface area contributed by atoms with E-state index in [2.05, 4.69) is 4.98 Å². The van der Waals surface area contributed by atoms with Crippen LogP contribution in [0, 0.1) is 0 Å². The molecule has 0 atom stereocenters. The zero-order chi connectivity index (χ0) is 27.0. The van der Waals surface area contributed by atoms with Crippen molar-refractivity contribution in [2.75, 3.05) is 18.8 Å². The monoisotopic (exact) mass is 555 g/mol. The van der Waals surface area contributed by atoms with E-state index < -0.39 is 27.1 Å². The summed E-state index contributed by atoms with van der Waals surface area (Å²) in [6.07, 6.45) is -0.142. The molecule has 0 radical (unpaired) electrons. The van der Waals surface area contributed by atoms with Crippen LogP contribution in [0.15, 0.2) is 40.3 Å². The maximum absolute atomic E-state index is 14.3. The molecule has 3 aromatic rings. The fraction of sp³-hybridized carbons (Fsp3) is 0.462. The SMILES string of the molecule is CCc1c(CN2CCCCC2)c(C(F)(F)F)cc2c(=O)n(Cc3cc(Cl)ccc3S(=O)(=O)CC)cnc12. The highest BCUT2D eigenvalue weighted by Crippen LogP contribution is 2.37. The minimum absolute atomic E-state index is 0.0218. The van der Waals surface area contributed by atoms with Crippen molar-refractivity contribution in [1.82, 2.24) is 14.5 Å². The Kier molecular flexibility index (Phi) is 8.02. The smallest absolute Gasteiger partial charge is 0.299 e. The molecule has 11 heteroatoms. The maximum Gasteiger partial charge on any atom is 0.416 e. The van der Waals surface area contributed by atoms with Crippen LogP contribution in [-0.2, 0) is 35.5 Å². The van der Waals surface area contributed by atoms with Crippen molar-refractivity contribution in [1.29, 1.82) is 0 Å². The van der Waals surface area contributed by atoms with Gasteiger partial charge >= 0.3 is 6.18 Å². The molecule has 6 nitrogen and oxygen atoms in total. The molecule has 0 unspecified atom stereocenters. The van der Waals surface area contributed by atoms with Crippen molar-refractivity contribution in [3.8, 4) is 0 Å². The van der Waals surface area contributed by atoms with Gasteiger partial charge in [-0.15, -0.1) is 0 Å². The van der Waals surface area contributed by atoms with Crippen LogP contribution in [0.3, 0.4) is 0 Å². The minimum atomic E-state index is -4.65. The van der Waals surface area contributed by atoms with E-state index in [9.17, 15) is 26.4 Å². The number of fused-ring (bicyclic) bond motifs is 1.